The molecule has 0 aliphatic heterocycles. The van der Waals surface area contributed by atoms with Gasteiger partial charge in [0.15, 0.2) is 0 Å². The fraction of sp³-hybridized carbons (Fsp3) is 0.467. The number of aliphatic hydroxyl groups is 1. The molecule has 0 aliphatic carbocycles. The highest BCUT2D eigenvalue weighted by atomic mass is 35.5. The molecule has 0 saturated heterocycles. The lowest BCUT2D eigenvalue weighted by molar-refractivity contribution is -0.125. The minimum atomic E-state index is -0.615. The van der Waals surface area contributed by atoms with Crippen LogP contribution in [0.5, 0.6) is 0 Å². The van der Waals surface area contributed by atoms with Crippen molar-refractivity contribution in [1.29, 1.82) is 0 Å². The fourth-order valence-corrected chi connectivity index (χ4v) is 1.68. The Morgan fingerprint density at radius 2 is 1.82 bits per heavy atom. The molecule has 0 fully saturated rings. The van der Waals surface area contributed by atoms with Crippen LogP contribution in [0.4, 0.5) is 5.69 Å². The quantitative estimate of drug-likeness (QED) is 0.590. The monoisotopic (exact) mass is 329 g/mol. The van der Waals surface area contributed by atoms with Crippen LogP contribution in [0.25, 0.3) is 0 Å². The second-order valence-electron chi connectivity index (χ2n) is 5.21. The standard InChI is InChI=1S/C15H23N3O3.ClH/c1-10(2)14(16)15(21)17-9-13(20)18-12-5-3-11(4-6-12)7-8-19;/h3-6,10,14,19H,7-9,16H2,1-2H3,(H,17,21)(H,18,20);1H/t14-;/m0./s1. The van der Waals surface area contributed by atoms with E-state index in [4.69, 9.17) is 10.8 Å². The molecule has 1 aromatic carbocycles. The van der Waals surface area contributed by atoms with Gasteiger partial charge in [0.25, 0.3) is 0 Å². The molecular weight excluding hydrogens is 306 g/mol. The molecular formula is C15H24ClN3O3. The van der Waals surface area contributed by atoms with E-state index in [2.05, 4.69) is 10.6 Å². The second kappa shape index (κ2) is 10.2. The molecule has 2 amide bonds. The van der Waals surface area contributed by atoms with Crippen LogP contribution in [-0.2, 0) is 16.0 Å². The number of halogens is 1. The van der Waals surface area contributed by atoms with Gasteiger partial charge in [0.05, 0.1) is 12.6 Å². The molecule has 0 radical (unpaired) electrons. The van der Waals surface area contributed by atoms with Crippen LogP contribution in [0, 0.1) is 5.92 Å². The van der Waals surface area contributed by atoms with E-state index in [0.29, 0.717) is 12.1 Å². The summed E-state index contributed by atoms with van der Waals surface area (Å²) in [6, 6.07) is 6.56. The SMILES string of the molecule is CC(C)[C@H](N)C(=O)NCC(=O)Nc1ccc(CCO)cc1.Cl. The Bertz CT molecular complexity index is 477. The van der Waals surface area contributed by atoms with Crippen molar-refractivity contribution in [2.45, 2.75) is 26.3 Å². The lowest BCUT2D eigenvalue weighted by Crippen LogP contribution is -2.46. The highest BCUT2D eigenvalue weighted by Gasteiger charge is 2.17. The van der Waals surface area contributed by atoms with Gasteiger partial charge in [-0.25, -0.2) is 0 Å². The number of amides is 2. The van der Waals surface area contributed by atoms with Crippen LogP contribution < -0.4 is 16.4 Å². The molecule has 0 unspecified atom stereocenters. The molecule has 7 heteroatoms. The van der Waals surface area contributed by atoms with Gasteiger partial charge in [-0.2, -0.15) is 0 Å². The zero-order valence-corrected chi connectivity index (χ0v) is 13.7. The van der Waals surface area contributed by atoms with Crippen molar-refractivity contribution in [3.8, 4) is 0 Å². The van der Waals surface area contributed by atoms with Crippen LogP contribution in [0.1, 0.15) is 19.4 Å². The number of aliphatic hydroxyl groups excluding tert-OH is 1. The summed E-state index contributed by atoms with van der Waals surface area (Å²) >= 11 is 0. The first-order valence-corrected chi connectivity index (χ1v) is 6.97. The van der Waals surface area contributed by atoms with Crippen molar-refractivity contribution in [3.05, 3.63) is 29.8 Å². The third kappa shape index (κ3) is 6.89. The Morgan fingerprint density at radius 1 is 1.23 bits per heavy atom. The summed E-state index contributed by atoms with van der Waals surface area (Å²) in [5.74, 6) is -0.625. The first-order valence-electron chi connectivity index (χ1n) is 6.97. The van der Waals surface area contributed by atoms with E-state index in [1.165, 1.54) is 0 Å². The van der Waals surface area contributed by atoms with Gasteiger partial charge in [0, 0.05) is 12.3 Å². The normalized spacial score (nSPS) is 11.5. The van der Waals surface area contributed by atoms with Gasteiger partial charge in [0.2, 0.25) is 11.8 Å². The molecule has 22 heavy (non-hydrogen) atoms. The fourth-order valence-electron chi connectivity index (χ4n) is 1.68. The number of rotatable bonds is 7. The molecule has 0 saturated carbocycles. The zero-order chi connectivity index (χ0) is 15.8. The van der Waals surface area contributed by atoms with E-state index in [-0.39, 0.29) is 43.3 Å². The van der Waals surface area contributed by atoms with Crippen molar-refractivity contribution in [2.75, 3.05) is 18.5 Å². The van der Waals surface area contributed by atoms with E-state index < -0.39 is 6.04 Å². The predicted molar refractivity (Wildman–Crippen MR) is 88.9 cm³/mol. The van der Waals surface area contributed by atoms with Crippen molar-refractivity contribution in [1.82, 2.24) is 5.32 Å². The number of nitrogens with two attached hydrogens (primary N) is 1. The maximum atomic E-state index is 11.7. The molecule has 0 bridgehead atoms. The number of carbonyl (C=O) groups excluding carboxylic acids is 2. The van der Waals surface area contributed by atoms with Crippen molar-refractivity contribution >= 4 is 29.9 Å². The van der Waals surface area contributed by atoms with Gasteiger partial charge in [-0.1, -0.05) is 26.0 Å². The molecule has 0 spiro atoms. The molecule has 0 aromatic heterocycles. The largest absolute Gasteiger partial charge is 0.396 e. The Balaban J connectivity index is 0.00000441. The van der Waals surface area contributed by atoms with E-state index in [1.807, 2.05) is 26.0 Å². The smallest absolute Gasteiger partial charge is 0.243 e. The molecule has 0 aliphatic rings. The summed E-state index contributed by atoms with van der Waals surface area (Å²) in [6.07, 6.45) is 0.581. The minimum absolute atomic E-state index is 0. The number of carbonyl (C=O) groups is 2. The van der Waals surface area contributed by atoms with E-state index in [1.54, 1.807) is 12.1 Å². The number of nitrogens with one attached hydrogen (secondary N) is 2. The van der Waals surface area contributed by atoms with Gasteiger partial charge in [-0.3, -0.25) is 9.59 Å². The van der Waals surface area contributed by atoms with Crippen LogP contribution in [-0.4, -0.2) is 36.1 Å². The number of anilines is 1. The van der Waals surface area contributed by atoms with Crippen molar-refractivity contribution in [2.24, 2.45) is 11.7 Å². The second-order valence-corrected chi connectivity index (χ2v) is 5.21. The zero-order valence-electron chi connectivity index (χ0n) is 12.8. The highest BCUT2D eigenvalue weighted by Crippen LogP contribution is 2.09. The summed E-state index contributed by atoms with van der Waals surface area (Å²) in [6.45, 7) is 3.67. The Hall–Kier alpha value is -1.63. The summed E-state index contributed by atoms with van der Waals surface area (Å²) in [5.41, 5.74) is 7.31. The minimum Gasteiger partial charge on any atom is -0.396 e. The van der Waals surface area contributed by atoms with Crippen molar-refractivity contribution < 1.29 is 14.7 Å². The topological polar surface area (TPSA) is 104 Å². The lowest BCUT2D eigenvalue weighted by atomic mass is 10.1. The Kier molecular flexibility index (Phi) is 9.40. The van der Waals surface area contributed by atoms with Crippen molar-refractivity contribution in [3.63, 3.8) is 0 Å². The number of benzene rings is 1. The average molecular weight is 330 g/mol. The van der Waals surface area contributed by atoms with Crippen LogP contribution in [0.15, 0.2) is 24.3 Å². The van der Waals surface area contributed by atoms with Crippen LogP contribution in [0.2, 0.25) is 0 Å². The molecule has 6 nitrogen and oxygen atoms in total. The maximum absolute atomic E-state index is 11.7. The summed E-state index contributed by atoms with van der Waals surface area (Å²) in [7, 11) is 0. The van der Waals surface area contributed by atoms with Gasteiger partial charge >= 0.3 is 0 Å². The highest BCUT2D eigenvalue weighted by molar-refractivity contribution is 5.95. The van der Waals surface area contributed by atoms with Gasteiger partial charge in [-0.15, -0.1) is 12.4 Å². The molecule has 1 atom stereocenters. The van der Waals surface area contributed by atoms with Gasteiger partial charge < -0.3 is 21.5 Å². The van der Waals surface area contributed by atoms with E-state index in [0.717, 1.165) is 5.56 Å². The summed E-state index contributed by atoms with van der Waals surface area (Å²) < 4.78 is 0. The molecule has 1 aromatic rings. The molecule has 5 N–H and O–H groups in total. The molecule has 0 heterocycles. The average Bonchev–Trinajstić information content (AvgIpc) is 2.46. The van der Waals surface area contributed by atoms with Crippen LogP contribution in [0.3, 0.4) is 0 Å². The number of hydrogen-bond acceptors (Lipinski definition) is 4. The summed E-state index contributed by atoms with van der Waals surface area (Å²) in [4.78, 5) is 23.3. The van der Waals surface area contributed by atoms with Gasteiger partial charge in [0.1, 0.15) is 0 Å². The van der Waals surface area contributed by atoms with E-state index >= 15 is 0 Å². The molecule has 124 valence electrons. The Labute approximate surface area is 136 Å². The maximum Gasteiger partial charge on any atom is 0.243 e. The van der Waals surface area contributed by atoms with E-state index in [9.17, 15) is 9.59 Å². The predicted octanol–water partition coefficient (Wildman–Crippen LogP) is 0.681. The van der Waals surface area contributed by atoms with Gasteiger partial charge in [-0.05, 0) is 30.0 Å². The molecule has 1 rings (SSSR count). The van der Waals surface area contributed by atoms with Crippen LogP contribution >= 0.6 is 12.4 Å². The summed E-state index contributed by atoms with van der Waals surface area (Å²) in [5, 5.41) is 14.0. The number of hydrogen-bond donors (Lipinski definition) is 4. The lowest BCUT2D eigenvalue weighted by Gasteiger charge is -2.15. The first-order chi connectivity index (χ1) is 9.93. The third-order valence-electron chi connectivity index (χ3n) is 3.08. The third-order valence-corrected chi connectivity index (χ3v) is 3.08. The Morgan fingerprint density at radius 3 is 2.32 bits per heavy atom. The first kappa shape index (κ1) is 20.4.